The van der Waals surface area contributed by atoms with Gasteiger partial charge in [0.2, 0.25) is 0 Å². The fourth-order valence-corrected chi connectivity index (χ4v) is 2.83. The quantitative estimate of drug-likeness (QED) is 0.526. The molecule has 0 radical (unpaired) electrons. The molecule has 130 valence electrons. The molecule has 24 heavy (non-hydrogen) atoms. The lowest BCUT2D eigenvalue weighted by atomic mass is 9.79. The third kappa shape index (κ3) is 3.88. The predicted molar refractivity (Wildman–Crippen MR) is 87.8 cm³/mol. The van der Waals surface area contributed by atoms with Crippen molar-refractivity contribution in [1.82, 2.24) is 5.32 Å². The van der Waals surface area contributed by atoms with Crippen LogP contribution >= 0.6 is 0 Å². The number of ether oxygens (including phenoxy) is 2. The molecular weight excluding hydrogens is 313 g/mol. The zero-order chi connectivity index (χ0) is 18.1. The van der Waals surface area contributed by atoms with E-state index >= 15 is 0 Å². The van der Waals surface area contributed by atoms with Crippen LogP contribution in [0, 0.1) is 0 Å². The monoisotopic (exact) mass is 335 g/mol. The Labute approximate surface area is 141 Å². The number of carbonyl (C=O) groups is 2. The lowest BCUT2D eigenvalue weighted by Gasteiger charge is -2.29. The molecule has 0 aliphatic heterocycles. The number of esters is 1. The highest BCUT2D eigenvalue weighted by Crippen LogP contribution is 2.31. The largest absolute Gasteiger partial charge is 0.488 e. The van der Waals surface area contributed by atoms with Crippen LogP contribution in [0.1, 0.15) is 31.9 Å². The SMILES string of the molecule is COC(=O)C1(NC(=O)OC(C)(C)C)Cc2ccc(B(O)O)cc2C1. The highest BCUT2D eigenvalue weighted by atomic mass is 16.6. The first-order chi connectivity index (χ1) is 11.1. The Balaban J connectivity index is 2.28. The van der Waals surface area contributed by atoms with Crippen molar-refractivity contribution in [3.8, 4) is 0 Å². The summed E-state index contributed by atoms with van der Waals surface area (Å²) < 4.78 is 10.1. The highest BCUT2D eigenvalue weighted by Gasteiger charge is 2.47. The van der Waals surface area contributed by atoms with Crippen LogP contribution < -0.4 is 10.8 Å². The van der Waals surface area contributed by atoms with Crippen molar-refractivity contribution in [2.24, 2.45) is 0 Å². The van der Waals surface area contributed by atoms with Crippen LogP contribution in [0.25, 0.3) is 0 Å². The van der Waals surface area contributed by atoms with E-state index in [2.05, 4.69) is 5.32 Å². The molecule has 0 heterocycles. The number of hydrogen-bond donors (Lipinski definition) is 3. The average molecular weight is 335 g/mol. The summed E-state index contributed by atoms with van der Waals surface area (Å²) in [7, 11) is -0.338. The van der Waals surface area contributed by atoms with Crippen molar-refractivity contribution in [3.63, 3.8) is 0 Å². The van der Waals surface area contributed by atoms with Gasteiger partial charge >= 0.3 is 19.2 Å². The molecule has 0 bridgehead atoms. The number of fused-ring (bicyclic) bond motifs is 1. The molecule has 0 saturated carbocycles. The minimum atomic E-state index is -1.60. The van der Waals surface area contributed by atoms with Gasteiger partial charge in [0.25, 0.3) is 0 Å². The summed E-state index contributed by atoms with van der Waals surface area (Å²) >= 11 is 0. The van der Waals surface area contributed by atoms with E-state index in [1.165, 1.54) is 7.11 Å². The number of alkyl carbamates (subject to hydrolysis) is 1. The smallest absolute Gasteiger partial charge is 0.467 e. The lowest BCUT2D eigenvalue weighted by molar-refractivity contribution is -0.148. The van der Waals surface area contributed by atoms with Crippen molar-refractivity contribution >= 4 is 24.6 Å². The third-order valence-corrected chi connectivity index (χ3v) is 3.83. The molecule has 0 aromatic heterocycles. The van der Waals surface area contributed by atoms with Crippen LogP contribution in [0.15, 0.2) is 18.2 Å². The van der Waals surface area contributed by atoms with Gasteiger partial charge in [-0.2, -0.15) is 0 Å². The second-order valence-electron chi connectivity index (χ2n) is 6.96. The van der Waals surface area contributed by atoms with E-state index in [1.54, 1.807) is 39.0 Å². The first kappa shape index (κ1) is 18.3. The molecule has 0 saturated heterocycles. The predicted octanol–water partition coefficient (Wildman–Crippen LogP) is -0.0985. The number of amides is 1. The van der Waals surface area contributed by atoms with Crippen molar-refractivity contribution in [2.75, 3.05) is 7.11 Å². The van der Waals surface area contributed by atoms with Crippen LogP contribution in [-0.2, 0) is 27.1 Å². The number of carbonyl (C=O) groups excluding carboxylic acids is 2. The molecule has 1 amide bonds. The summed E-state index contributed by atoms with van der Waals surface area (Å²) in [5, 5.41) is 21.2. The van der Waals surface area contributed by atoms with E-state index in [0.29, 0.717) is 5.46 Å². The summed E-state index contributed by atoms with van der Waals surface area (Å²) in [6.07, 6.45) is -0.270. The minimum absolute atomic E-state index is 0.189. The van der Waals surface area contributed by atoms with Crippen molar-refractivity contribution in [1.29, 1.82) is 0 Å². The Hall–Kier alpha value is -2.06. The van der Waals surface area contributed by atoms with Gasteiger partial charge in [0.05, 0.1) is 7.11 Å². The van der Waals surface area contributed by atoms with Crippen LogP contribution in [0.5, 0.6) is 0 Å². The molecular formula is C16H22BNO6. The first-order valence-corrected chi connectivity index (χ1v) is 7.64. The van der Waals surface area contributed by atoms with Crippen molar-refractivity contribution < 1.29 is 29.1 Å². The van der Waals surface area contributed by atoms with Gasteiger partial charge in [0.15, 0.2) is 0 Å². The summed E-state index contributed by atoms with van der Waals surface area (Å²) in [4.78, 5) is 24.5. The van der Waals surface area contributed by atoms with E-state index in [4.69, 9.17) is 9.47 Å². The van der Waals surface area contributed by atoms with E-state index < -0.39 is 30.3 Å². The minimum Gasteiger partial charge on any atom is -0.467 e. The number of rotatable bonds is 3. The van der Waals surface area contributed by atoms with Crippen molar-refractivity contribution in [3.05, 3.63) is 29.3 Å². The van der Waals surface area contributed by atoms with Gasteiger partial charge in [-0.15, -0.1) is 0 Å². The number of methoxy groups -OCH3 is 1. The summed E-state index contributed by atoms with van der Waals surface area (Å²) in [6.45, 7) is 5.20. The Morgan fingerprint density at radius 1 is 1.21 bits per heavy atom. The Bertz CT molecular complexity index is 654. The van der Waals surface area contributed by atoms with Crippen LogP contribution in [0.3, 0.4) is 0 Å². The molecule has 1 aliphatic carbocycles. The van der Waals surface area contributed by atoms with E-state index in [9.17, 15) is 19.6 Å². The topological polar surface area (TPSA) is 105 Å². The van der Waals surface area contributed by atoms with Gasteiger partial charge in [-0.3, -0.25) is 0 Å². The summed E-state index contributed by atoms with van der Waals surface area (Å²) in [6, 6.07) is 4.90. The molecule has 3 N–H and O–H groups in total. The van der Waals surface area contributed by atoms with Gasteiger partial charge < -0.3 is 24.8 Å². The first-order valence-electron chi connectivity index (χ1n) is 7.64. The van der Waals surface area contributed by atoms with Gasteiger partial charge in [-0.1, -0.05) is 18.2 Å². The van der Waals surface area contributed by atoms with Crippen molar-refractivity contribution in [2.45, 2.75) is 44.8 Å². The van der Waals surface area contributed by atoms with E-state index in [1.807, 2.05) is 0 Å². The molecule has 1 aromatic carbocycles. The average Bonchev–Trinajstić information content (AvgIpc) is 2.82. The number of benzene rings is 1. The summed E-state index contributed by atoms with van der Waals surface area (Å²) in [5.74, 6) is -0.573. The fraction of sp³-hybridized carbons (Fsp3) is 0.500. The van der Waals surface area contributed by atoms with Crippen LogP contribution in [-0.4, -0.2) is 47.5 Å². The lowest BCUT2D eigenvalue weighted by Crippen LogP contribution is -2.56. The molecule has 0 fully saturated rings. The van der Waals surface area contributed by atoms with Gasteiger partial charge in [0.1, 0.15) is 11.1 Å². The number of hydrogen-bond acceptors (Lipinski definition) is 6. The molecule has 7 nitrogen and oxygen atoms in total. The molecule has 1 atom stereocenters. The zero-order valence-electron chi connectivity index (χ0n) is 14.3. The number of nitrogens with one attached hydrogen (secondary N) is 1. The molecule has 2 rings (SSSR count). The Morgan fingerprint density at radius 3 is 2.38 bits per heavy atom. The Morgan fingerprint density at radius 2 is 1.83 bits per heavy atom. The molecule has 1 unspecified atom stereocenters. The summed E-state index contributed by atoms with van der Waals surface area (Å²) in [5.41, 5.74) is -0.0472. The molecule has 8 heteroatoms. The maximum atomic E-state index is 12.3. The van der Waals surface area contributed by atoms with E-state index in [-0.39, 0.29) is 12.8 Å². The fourth-order valence-electron chi connectivity index (χ4n) is 2.83. The second-order valence-corrected chi connectivity index (χ2v) is 6.96. The van der Waals surface area contributed by atoms with E-state index in [0.717, 1.165) is 11.1 Å². The molecule has 1 aliphatic rings. The van der Waals surface area contributed by atoms with Gasteiger partial charge in [-0.25, -0.2) is 9.59 Å². The second kappa shape index (κ2) is 6.45. The van der Waals surface area contributed by atoms with Gasteiger partial charge in [0, 0.05) is 12.8 Å². The Kier molecular flexibility index (Phi) is 4.91. The van der Waals surface area contributed by atoms with Crippen LogP contribution in [0.4, 0.5) is 4.79 Å². The molecule has 0 spiro atoms. The standard InChI is InChI=1S/C16H22BNO6/c1-15(2,3)24-14(20)18-16(13(19)23-4)8-10-5-6-12(17(21)22)7-11(10)9-16/h5-7,21-22H,8-9H2,1-4H3,(H,18,20). The normalized spacial score (nSPS) is 19.4. The maximum absolute atomic E-state index is 12.3. The van der Waals surface area contributed by atoms with Crippen LogP contribution in [0.2, 0.25) is 0 Å². The molecule has 1 aromatic rings. The zero-order valence-corrected chi connectivity index (χ0v) is 14.3. The third-order valence-electron chi connectivity index (χ3n) is 3.83. The maximum Gasteiger partial charge on any atom is 0.488 e. The van der Waals surface area contributed by atoms with Gasteiger partial charge in [-0.05, 0) is 37.4 Å². The highest BCUT2D eigenvalue weighted by molar-refractivity contribution is 6.58.